The van der Waals surface area contributed by atoms with Gasteiger partial charge in [0.1, 0.15) is 11.6 Å². The van der Waals surface area contributed by atoms with Crippen molar-refractivity contribution in [2.45, 2.75) is 129 Å². The normalized spacial score (nSPS) is 23.2. The number of Topliss-reactive ketones (excluding diaryl/α,β-unsaturated/α-hetero) is 1. The summed E-state index contributed by atoms with van der Waals surface area (Å²) in [5.74, 6) is 1.21. The molecule has 2 aromatic rings. The van der Waals surface area contributed by atoms with Crippen molar-refractivity contribution in [3.8, 4) is 5.69 Å². The van der Waals surface area contributed by atoms with Crippen molar-refractivity contribution in [3.05, 3.63) is 46.8 Å². The average Bonchev–Trinajstić information content (AvgIpc) is 3.70. The maximum atomic E-state index is 13.9. The van der Waals surface area contributed by atoms with Gasteiger partial charge in [-0.15, -0.1) is 0 Å². The van der Waals surface area contributed by atoms with Gasteiger partial charge < -0.3 is 10.2 Å². The van der Waals surface area contributed by atoms with Gasteiger partial charge >= 0.3 is 0 Å². The first-order valence-corrected chi connectivity index (χ1v) is 17.8. The zero-order valence-electron chi connectivity index (χ0n) is 27.8. The number of carbonyl (C=O) groups excluding carboxylic acids is 3. The van der Waals surface area contributed by atoms with Crippen LogP contribution in [0.4, 0.5) is 0 Å². The summed E-state index contributed by atoms with van der Waals surface area (Å²) in [6.45, 7) is 9.29. The van der Waals surface area contributed by atoms with Gasteiger partial charge in [-0.1, -0.05) is 58.3 Å². The first kappa shape index (κ1) is 32.0. The second kappa shape index (κ2) is 13.8. The van der Waals surface area contributed by atoms with Crippen molar-refractivity contribution < 1.29 is 14.4 Å². The van der Waals surface area contributed by atoms with E-state index in [9.17, 15) is 14.4 Å². The maximum Gasteiger partial charge on any atom is 0.246 e. The Labute approximate surface area is 269 Å². The fourth-order valence-corrected chi connectivity index (χ4v) is 8.58. The summed E-state index contributed by atoms with van der Waals surface area (Å²) in [7, 11) is 0. The van der Waals surface area contributed by atoms with E-state index in [-0.39, 0.29) is 29.6 Å². The molecule has 8 nitrogen and oxygen atoms in total. The van der Waals surface area contributed by atoms with E-state index in [0.29, 0.717) is 25.3 Å². The summed E-state index contributed by atoms with van der Waals surface area (Å²) in [6.07, 6.45) is 14.5. The van der Waals surface area contributed by atoms with E-state index in [1.165, 1.54) is 37.7 Å². The number of piperazine rings is 1. The minimum atomic E-state index is -0.738. The van der Waals surface area contributed by atoms with Crippen molar-refractivity contribution in [2.24, 2.45) is 11.8 Å². The van der Waals surface area contributed by atoms with Crippen LogP contribution in [-0.4, -0.2) is 68.4 Å². The number of rotatable bonds is 10. The molecule has 1 aromatic carbocycles. The second-order valence-corrected chi connectivity index (χ2v) is 14.4. The molecule has 0 bridgehead atoms. The van der Waals surface area contributed by atoms with E-state index >= 15 is 0 Å². The average molecular weight is 616 g/mol. The molecule has 4 fully saturated rings. The predicted octanol–water partition coefficient (Wildman–Crippen LogP) is 6.29. The van der Waals surface area contributed by atoms with Crippen LogP contribution < -0.4 is 5.32 Å². The number of carbonyl (C=O) groups is 3. The highest BCUT2D eigenvalue weighted by atomic mass is 16.2. The van der Waals surface area contributed by atoms with Gasteiger partial charge in [0, 0.05) is 48.9 Å². The Morgan fingerprint density at radius 1 is 0.956 bits per heavy atom. The fraction of sp³-hybridized carbons (Fsp3) is 0.676. The molecule has 1 aromatic heterocycles. The highest BCUT2D eigenvalue weighted by molar-refractivity contribution is 6.00. The molecule has 0 radical (unpaired) electrons. The summed E-state index contributed by atoms with van der Waals surface area (Å²) < 4.78 is 1.99. The molecule has 1 atom stereocenters. The van der Waals surface area contributed by atoms with Crippen molar-refractivity contribution >= 4 is 17.6 Å². The molecule has 6 rings (SSSR count). The van der Waals surface area contributed by atoms with Gasteiger partial charge in [-0.2, -0.15) is 5.10 Å². The van der Waals surface area contributed by atoms with Gasteiger partial charge in [-0.3, -0.25) is 19.3 Å². The lowest BCUT2D eigenvalue weighted by Gasteiger charge is -2.52. The van der Waals surface area contributed by atoms with Gasteiger partial charge in [0.25, 0.3) is 0 Å². The molecular formula is C37H53N5O3. The number of aromatic nitrogens is 2. The topological polar surface area (TPSA) is 87.5 Å². The molecule has 2 aliphatic heterocycles. The Hall–Kier alpha value is -3.00. The minimum absolute atomic E-state index is 0.0636. The lowest BCUT2D eigenvalue weighted by atomic mass is 9.79. The highest BCUT2D eigenvalue weighted by Gasteiger charge is 2.53. The van der Waals surface area contributed by atoms with Crippen LogP contribution in [0, 0.1) is 25.7 Å². The molecule has 45 heavy (non-hydrogen) atoms. The van der Waals surface area contributed by atoms with Crippen LogP contribution in [0.3, 0.4) is 0 Å². The largest absolute Gasteiger partial charge is 0.342 e. The smallest absolute Gasteiger partial charge is 0.246 e. The van der Waals surface area contributed by atoms with E-state index in [1.807, 2.05) is 33.8 Å². The predicted molar refractivity (Wildman–Crippen MR) is 176 cm³/mol. The Morgan fingerprint density at radius 2 is 1.62 bits per heavy atom. The number of amides is 2. The number of benzene rings is 1. The Morgan fingerprint density at radius 3 is 2.29 bits per heavy atom. The van der Waals surface area contributed by atoms with Crippen molar-refractivity contribution in [1.29, 1.82) is 0 Å². The number of likely N-dealkylation sites (tertiary alicyclic amines) is 1. The first-order chi connectivity index (χ1) is 21.8. The van der Waals surface area contributed by atoms with Crippen LogP contribution in [0.25, 0.3) is 5.69 Å². The number of aryl methyl sites for hydroxylation is 1. The van der Waals surface area contributed by atoms with Gasteiger partial charge in [0.05, 0.1) is 11.4 Å². The van der Waals surface area contributed by atoms with E-state index in [2.05, 4.69) is 31.0 Å². The van der Waals surface area contributed by atoms with Crippen LogP contribution in [0.2, 0.25) is 0 Å². The minimum Gasteiger partial charge on any atom is -0.342 e. The number of unbranched alkanes of at least 4 members (excludes halogenated alkanes) is 1. The molecule has 2 saturated carbocycles. The third kappa shape index (κ3) is 6.49. The molecule has 3 heterocycles. The van der Waals surface area contributed by atoms with Gasteiger partial charge in [-0.05, 0) is 82.6 Å². The van der Waals surface area contributed by atoms with Crippen molar-refractivity contribution in [3.63, 3.8) is 0 Å². The summed E-state index contributed by atoms with van der Waals surface area (Å²) >= 11 is 0. The number of nitrogens with one attached hydrogen (secondary N) is 1. The molecule has 8 heteroatoms. The Balaban J connectivity index is 1.12. The highest BCUT2D eigenvalue weighted by Crippen LogP contribution is 2.37. The fourth-order valence-electron chi connectivity index (χ4n) is 8.58. The zero-order valence-corrected chi connectivity index (χ0v) is 27.8. The van der Waals surface area contributed by atoms with Crippen molar-refractivity contribution in [1.82, 2.24) is 24.9 Å². The number of nitrogens with zero attached hydrogens (tertiary/aromatic N) is 4. The summed E-state index contributed by atoms with van der Waals surface area (Å²) in [4.78, 5) is 45.1. The van der Waals surface area contributed by atoms with Crippen LogP contribution in [0.5, 0.6) is 0 Å². The van der Waals surface area contributed by atoms with Gasteiger partial charge in [0.2, 0.25) is 11.8 Å². The summed E-state index contributed by atoms with van der Waals surface area (Å²) in [6, 6.07) is 7.57. The third-order valence-corrected chi connectivity index (χ3v) is 11.5. The molecule has 0 unspecified atom stereocenters. The molecule has 244 valence electrons. The maximum absolute atomic E-state index is 13.9. The molecule has 2 amide bonds. The SMILES string of the molecule is CCCCN1C(=O)[C@H](CC2CCCCC2)NC(=O)C12CCN(Cc1c(C)nn(-c3ccc(C(=O)C4CCCC4)cc3)c1C)CC2. The number of piperidine rings is 1. The van der Waals surface area contributed by atoms with Gasteiger partial charge in [-0.25, -0.2) is 4.68 Å². The standard InChI is InChI=1S/C37H53N5O3/c1-4-5-21-41-35(44)33(24-28-11-7-6-8-12-28)38-36(45)37(41)19-22-40(23-20-37)25-32-26(2)39-42(27(32)3)31-17-15-30(16-18-31)34(43)29-13-9-10-14-29/h15-18,28-29,33H,4-14,19-25H2,1-3H3,(H,38,45)/t33-/m0/s1. The number of hydrogen-bond donors (Lipinski definition) is 1. The van der Waals surface area contributed by atoms with Crippen LogP contribution >= 0.6 is 0 Å². The molecular weight excluding hydrogens is 562 g/mol. The zero-order chi connectivity index (χ0) is 31.6. The van der Waals surface area contributed by atoms with E-state index in [1.54, 1.807) is 0 Å². The number of hydrogen-bond acceptors (Lipinski definition) is 5. The first-order valence-electron chi connectivity index (χ1n) is 17.8. The van der Waals surface area contributed by atoms with E-state index in [0.717, 1.165) is 87.2 Å². The van der Waals surface area contributed by atoms with Crippen LogP contribution in [0.15, 0.2) is 24.3 Å². The Bertz CT molecular complexity index is 1360. The molecule has 1 spiro atoms. The summed E-state index contributed by atoms with van der Waals surface area (Å²) in [5, 5.41) is 8.12. The van der Waals surface area contributed by atoms with Crippen LogP contribution in [0.1, 0.15) is 124 Å². The van der Waals surface area contributed by atoms with E-state index < -0.39 is 5.54 Å². The molecule has 2 aliphatic carbocycles. The monoisotopic (exact) mass is 615 g/mol. The van der Waals surface area contributed by atoms with Crippen molar-refractivity contribution in [2.75, 3.05) is 19.6 Å². The van der Waals surface area contributed by atoms with Gasteiger partial charge in [0.15, 0.2) is 5.78 Å². The number of ketones is 1. The van der Waals surface area contributed by atoms with E-state index in [4.69, 9.17) is 5.10 Å². The quantitative estimate of drug-likeness (QED) is 0.317. The summed E-state index contributed by atoms with van der Waals surface area (Å²) in [5.41, 5.74) is 4.33. The second-order valence-electron chi connectivity index (χ2n) is 14.4. The molecule has 4 aliphatic rings. The van der Waals surface area contributed by atoms with Crippen LogP contribution in [-0.2, 0) is 16.1 Å². The Kier molecular flexibility index (Phi) is 9.79. The lowest BCUT2D eigenvalue weighted by Crippen LogP contribution is -2.73. The molecule has 2 saturated heterocycles. The third-order valence-electron chi connectivity index (χ3n) is 11.5. The lowest BCUT2D eigenvalue weighted by molar-refractivity contribution is -0.162. The molecule has 1 N–H and O–H groups in total.